The summed E-state index contributed by atoms with van der Waals surface area (Å²) >= 11 is 6.10. The molecule has 0 fully saturated rings. The normalized spacial score (nSPS) is 10.8. The lowest BCUT2D eigenvalue weighted by molar-refractivity contribution is 0.607. The molecule has 0 unspecified atom stereocenters. The first-order valence-electron chi connectivity index (χ1n) is 5.79. The van der Waals surface area contributed by atoms with Crippen LogP contribution in [0.5, 0.6) is 0 Å². The standard InChI is InChI=1S/C12H15ClN4/c1-3-7-17-10(5-6-16-17)11-9(4-2)12(13)15-8-14-11/h5-6,8H,3-4,7H2,1-2H3. The zero-order chi connectivity index (χ0) is 12.3. The number of aromatic nitrogens is 4. The van der Waals surface area contributed by atoms with Crippen LogP contribution >= 0.6 is 11.6 Å². The SMILES string of the molecule is CCCn1nccc1-c1ncnc(Cl)c1CC. The van der Waals surface area contributed by atoms with E-state index in [9.17, 15) is 0 Å². The van der Waals surface area contributed by atoms with E-state index in [1.807, 2.05) is 10.7 Å². The van der Waals surface area contributed by atoms with Gasteiger partial charge in [0, 0.05) is 18.3 Å². The summed E-state index contributed by atoms with van der Waals surface area (Å²) in [7, 11) is 0. The van der Waals surface area contributed by atoms with E-state index in [1.54, 1.807) is 6.20 Å². The van der Waals surface area contributed by atoms with Gasteiger partial charge in [0.2, 0.25) is 0 Å². The molecule has 90 valence electrons. The first kappa shape index (κ1) is 12.0. The molecule has 0 atom stereocenters. The Morgan fingerprint density at radius 3 is 2.82 bits per heavy atom. The fourth-order valence-corrected chi connectivity index (χ4v) is 2.12. The lowest BCUT2D eigenvalue weighted by atomic mass is 10.1. The lowest BCUT2D eigenvalue weighted by Crippen LogP contribution is -2.04. The van der Waals surface area contributed by atoms with E-state index in [0.29, 0.717) is 5.15 Å². The van der Waals surface area contributed by atoms with Gasteiger partial charge in [-0.25, -0.2) is 9.97 Å². The Kier molecular flexibility index (Phi) is 3.74. The third kappa shape index (κ3) is 2.31. The quantitative estimate of drug-likeness (QED) is 0.784. The van der Waals surface area contributed by atoms with Crippen molar-refractivity contribution in [1.29, 1.82) is 0 Å². The highest BCUT2D eigenvalue weighted by molar-refractivity contribution is 6.30. The molecule has 0 saturated carbocycles. The summed E-state index contributed by atoms with van der Waals surface area (Å²) in [5, 5.41) is 4.83. The maximum Gasteiger partial charge on any atom is 0.136 e. The fraction of sp³-hybridized carbons (Fsp3) is 0.417. The molecule has 0 aromatic carbocycles. The van der Waals surface area contributed by atoms with Crippen LogP contribution in [0.4, 0.5) is 0 Å². The van der Waals surface area contributed by atoms with Crippen LogP contribution in [-0.2, 0) is 13.0 Å². The largest absolute Gasteiger partial charge is 0.263 e. The molecule has 2 rings (SSSR count). The molecular formula is C12H15ClN4. The molecule has 0 aliphatic rings. The van der Waals surface area contributed by atoms with Gasteiger partial charge in [-0.15, -0.1) is 0 Å². The number of aryl methyl sites for hydroxylation is 1. The van der Waals surface area contributed by atoms with E-state index in [4.69, 9.17) is 11.6 Å². The highest BCUT2D eigenvalue weighted by Crippen LogP contribution is 2.25. The minimum atomic E-state index is 0.529. The zero-order valence-corrected chi connectivity index (χ0v) is 10.8. The van der Waals surface area contributed by atoms with Crippen molar-refractivity contribution >= 4 is 11.6 Å². The monoisotopic (exact) mass is 250 g/mol. The molecule has 0 aliphatic carbocycles. The van der Waals surface area contributed by atoms with Crippen molar-refractivity contribution in [2.75, 3.05) is 0 Å². The van der Waals surface area contributed by atoms with Crippen LogP contribution in [0.3, 0.4) is 0 Å². The number of hydrogen-bond donors (Lipinski definition) is 0. The second-order valence-electron chi connectivity index (χ2n) is 3.78. The van der Waals surface area contributed by atoms with Gasteiger partial charge < -0.3 is 0 Å². The first-order valence-corrected chi connectivity index (χ1v) is 6.17. The predicted octanol–water partition coefficient (Wildman–Crippen LogP) is 2.97. The highest BCUT2D eigenvalue weighted by atomic mass is 35.5. The second-order valence-corrected chi connectivity index (χ2v) is 4.14. The molecule has 0 radical (unpaired) electrons. The molecule has 2 aromatic rings. The molecule has 4 nitrogen and oxygen atoms in total. The Morgan fingerprint density at radius 1 is 1.29 bits per heavy atom. The van der Waals surface area contributed by atoms with E-state index in [-0.39, 0.29) is 0 Å². The lowest BCUT2D eigenvalue weighted by Gasteiger charge is -2.09. The van der Waals surface area contributed by atoms with Crippen LogP contribution in [0.1, 0.15) is 25.8 Å². The summed E-state index contributed by atoms with van der Waals surface area (Å²) in [5.41, 5.74) is 2.87. The average Bonchev–Trinajstić information content (AvgIpc) is 2.77. The molecule has 2 aromatic heterocycles. The van der Waals surface area contributed by atoms with Crippen molar-refractivity contribution in [3.05, 3.63) is 29.3 Å². The van der Waals surface area contributed by atoms with Crippen molar-refractivity contribution in [1.82, 2.24) is 19.7 Å². The van der Waals surface area contributed by atoms with E-state index >= 15 is 0 Å². The molecule has 0 saturated heterocycles. The maximum atomic E-state index is 6.10. The van der Waals surface area contributed by atoms with Gasteiger partial charge in [0.1, 0.15) is 11.5 Å². The Bertz CT molecular complexity index is 507. The van der Waals surface area contributed by atoms with Crippen LogP contribution < -0.4 is 0 Å². The summed E-state index contributed by atoms with van der Waals surface area (Å²) in [6.45, 7) is 5.06. The smallest absolute Gasteiger partial charge is 0.136 e. The van der Waals surface area contributed by atoms with Crippen molar-refractivity contribution in [2.45, 2.75) is 33.2 Å². The summed E-state index contributed by atoms with van der Waals surface area (Å²) in [6.07, 6.45) is 5.14. The van der Waals surface area contributed by atoms with Crippen molar-refractivity contribution < 1.29 is 0 Å². The van der Waals surface area contributed by atoms with Crippen molar-refractivity contribution in [3.8, 4) is 11.4 Å². The number of nitrogens with zero attached hydrogens (tertiary/aromatic N) is 4. The third-order valence-electron chi connectivity index (χ3n) is 2.64. The van der Waals surface area contributed by atoms with Crippen LogP contribution in [0.25, 0.3) is 11.4 Å². The Labute approximate surface area is 106 Å². The van der Waals surface area contributed by atoms with Crippen molar-refractivity contribution in [2.24, 2.45) is 0 Å². The second kappa shape index (κ2) is 5.27. The zero-order valence-electron chi connectivity index (χ0n) is 10.0. The van der Waals surface area contributed by atoms with Gasteiger partial charge in [-0.2, -0.15) is 5.10 Å². The number of hydrogen-bond acceptors (Lipinski definition) is 3. The van der Waals surface area contributed by atoms with Gasteiger partial charge in [-0.1, -0.05) is 25.4 Å². The molecule has 0 aliphatic heterocycles. The summed E-state index contributed by atoms with van der Waals surface area (Å²) < 4.78 is 1.96. The van der Waals surface area contributed by atoms with Gasteiger partial charge in [-0.3, -0.25) is 4.68 Å². The number of rotatable bonds is 4. The van der Waals surface area contributed by atoms with E-state index in [2.05, 4.69) is 28.9 Å². The molecule has 0 N–H and O–H groups in total. The molecule has 0 spiro atoms. The molecular weight excluding hydrogens is 236 g/mol. The number of halogens is 1. The maximum absolute atomic E-state index is 6.10. The van der Waals surface area contributed by atoms with Gasteiger partial charge in [-0.05, 0) is 18.9 Å². The van der Waals surface area contributed by atoms with E-state index < -0.39 is 0 Å². The topological polar surface area (TPSA) is 43.6 Å². The molecule has 17 heavy (non-hydrogen) atoms. The summed E-state index contributed by atoms with van der Waals surface area (Å²) in [4.78, 5) is 8.36. The first-order chi connectivity index (χ1) is 8.27. The molecule has 0 amide bonds. The Balaban J connectivity index is 2.52. The molecule has 5 heteroatoms. The van der Waals surface area contributed by atoms with Gasteiger partial charge >= 0.3 is 0 Å². The van der Waals surface area contributed by atoms with Crippen LogP contribution in [0.15, 0.2) is 18.6 Å². The Morgan fingerprint density at radius 2 is 2.12 bits per heavy atom. The van der Waals surface area contributed by atoms with Gasteiger partial charge in [0.15, 0.2) is 0 Å². The highest BCUT2D eigenvalue weighted by Gasteiger charge is 2.13. The van der Waals surface area contributed by atoms with Crippen LogP contribution in [0.2, 0.25) is 5.15 Å². The van der Waals surface area contributed by atoms with Crippen LogP contribution in [-0.4, -0.2) is 19.7 Å². The summed E-state index contributed by atoms with van der Waals surface area (Å²) in [6, 6.07) is 1.97. The third-order valence-corrected chi connectivity index (χ3v) is 2.97. The summed E-state index contributed by atoms with van der Waals surface area (Å²) in [5.74, 6) is 0. The van der Waals surface area contributed by atoms with E-state index in [0.717, 1.165) is 36.3 Å². The molecule has 2 heterocycles. The Hall–Kier alpha value is -1.42. The fourth-order valence-electron chi connectivity index (χ4n) is 1.85. The van der Waals surface area contributed by atoms with Gasteiger partial charge in [0.25, 0.3) is 0 Å². The molecule has 0 bridgehead atoms. The van der Waals surface area contributed by atoms with E-state index in [1.165, 1.54) is 6.33 Å². The average molecular weight is 251 g/mol. The minimum Gasteiger partial charge on any atom is -0.263 e. The van der Waals surface area contributed by atoms with Gasteiger partial charge in [0.05, 0.1) is 11.4 Å². The predicted molar refractivity (Wildman–Crippen MR) is 67.9 cm³/mol. The van der Waals surface area contributed by atoms with Crippen molar-refractivity contribution in [3.63, 3.8) is 0 Å². The van der Waals surface area contributed by atoms with Crippen LogP contribution in [0, 0.1) is 0 Å². The minimum absolute atomic E-state index is 0.529.